The summed E-state index contributed by atoms with van der Waals surface area (Å²) in [6, 6.07) is 15.4. The lowest BCUT2D eigenvalue weighted by atomic mass is 10.2. The molecule has 41 heavy (non-hydrogen) atoms. The Morgan fingerprint density at radius 3 is 2.41 bits per heavy atom. The number of hydrogen-bond acceptors (Lipinski definition) is 7. The van der Waals surface area contributed by atoms with E-state index in [4.69, 9.17) is 25.8 Å². The van der Waals surface area contributed by atoms with Gasteiger partial charge in [-0.05, 0) is 67.4 Å². The summed E-state index contributed by atoms with van der Waals surface area (Å²) in [7, 11) is 0. The van der Waals surface area contributed by atoms with Gasteiger partial charge in [0.05, 0.1) is 30.1 Å². The van der Waals surface area contributed by atoms with Crippen molar-refractivity contribution in [3.63, 3.8) is 0 Å². The van der Waals surface area contributed by atoms with Gasteiger partial charge in [-0.1, -0.05) is 37.1 Å². The normalized spacial score (nSPS) is 10.6. The molecule has 0 unspecified atom stereocenters. The first-order valence-corrected chi connectivity index (χ1v) is 13.2. The van der Waals surface area contributed by atoms with Gasteiger partial charge in [-0.15, -0.1) is 0 Å². The maximum atomic E-state index is 13.8. The van der Waals surface area contributed by atoms with E-state index in [-0.39, 0.29) is 28.8 Å². The van der Waals surface area contributed by atoms with E-state index in [1.165, 1.54) is 36.5 Å². The molecule has 0 aliphatic heterocycles. The van der Waals surface area contributed by atoms with Gasteiger partial charge in [0, 0.05) is 5.69 Å². The first-order valence-electron chi connectivity index (χ1n) is 12.8. The number of ether oxygens (including phenoxy) is 3. The molecule has 3 amide bonds. The molecule has 0 radical (unpaired) electrons. The van der Waals surface area contributed by atoms with Gasteiger partial charge in [0.2, 0.25) is 0 Å². The molecular formula is C29H30ClFN4O6. The van der Waals surface area contributed by atoms with E-state index in [9.17, 15) is 18.8 Å². The van der Waals surface area contributed by atoms with Crippen molar-refractivity contribution in [3.05, 3.63) is 77.1 Å². The number of nitrogens with one attached hydrogen (secondary N) is 3. The van der Waals surface area contributed by atoms with E-state index in [1.54, 1.807) is 37.3 Å². The monoisotopic (exact) mass is 584 g/mol. The molecule has 12 heteroatoms. The largest absolute Gasteiger partial charge is 0.494 e. The summed E-state index contributed by atoms with van der Waals surface area (Å²) >= 11 is 6.35. The number of carbonyl (C=O) groups is 3. The Bertz CT molecular complexity index is 1380. The number of para-hydroxylation sites is 1. The number of anilines is 2. The number of unbranched alkanes of at least 4 members (excludes halogenated alkanes) is 1. The van der Waals surface area contributed by atoms with Crippen LogP contribution in [-0.2, 0) is 14.4 Å². The van der Waals surface area contributed by atoms with Crippen LogP contribution in [0, 0.1) is 5.82 Å². The fourth-order valence-electron chi connectivity index (χ4n) is 3.32. The van der Waals surface area contributed by atoms with Crippen LogP contribution in [-0.4, -0.2) is 43.8 Å². The van der Waals surface area contributed by atoms with E-state index in [0.29, 0.717) is 23.6 Å². The molecule has 0 heterocycles. The average Bonchev–Trinajstić information content (AvgIpc) is 2.95. The predicted molar refractivity (Wildman–Crippen MR) is 154 cm³/mol. The fourth-order valence-corrected chi connectivity index (χ4v) is 3.60. The minimum atomic E-state index is -0.985. The van der Waals surface area contributed by atoms with Crippen molar-refractivity contribution in [2.75, 3.05) is 30.5 Å². The van der Waals surface area contributed by atoms with Crippen LogP contribution >= 0.6 is 11.6 Å². The number of halogens is 2. The third-order valence-electron chi connectivity index (χ3n) is 5.29. The van der Waals surface area contributed by atoms with Gasteiger partial charge in [-0.25, -0.2) is 9.82 Å². The summed E-state index contributed by atoms with van der Waals surface area (Å²) < 4.78 is 30.5. The first kappa shape index (κ1) is 30.9. The maximum absolute atomic E-state index is 13.8. The molecule has 0 saturated heterocycles. The van der Waals surface area contributed by atoms with Crippen LogP contribution in [0.3, 0.4) is 0 Å². The molecule has 216 valence electrons. The lowest BCUT2D eigenvalue weighted by Gasteiger charge is -2.14. The van der Waals surface area contributed by atoms with Crippen LogP contribution in [0.1, 0.15) is 32.3 Å². The second-order valence-electron chi connectivity index (χ2n) is 8.46. The smallest absolute Gasteiger partial charge is 0.329 e. The molecule has 3 rings (SSSR count). The summed E-state index contributed by atoms with van der Waals surface area (Å²) in [6.07, 6.45) is 3.22. The highest BCUT2D eigenvalue weighted by Gasteiger charge is 2.16. The van der Waals surface area contributed by atoms with Crippen LogP contribution < -0.4 is 30.3 Å². The van der Waals surface area contributed by atoms with Crippen LogP contribution in [0.15, 0.2) is 65.8 Å². The maximum Gasteiger partial charge on any atom is 0.329 e. The van der Waals surface area contributed by atoms with E-state index in [0.717, 1.165) is 12.8 Å². The van der Waals surface area contributed by atoms with Gasteiger partial charge >= 0.3 is 11.8 Å². The van der Waals surface area contributed by atoms with Gasteiger partial charge in [0.25, 0.3) is 5.91 Å². The molecule has 0 aromatic heterocycles. The summed E-state index contributed by atoms with van der Waals surface area (Å²) in [6.45, 7) is 4.22. The molecule has 0 fully saturated rings. The molecule has 0 atom stereocenters. The number of amides is 3. The molecule has 3 aromatic rings. The van der Waals surface area contributed by atoms with Crippen molar-refractivity contribution in [3.8, 4) is 17.2 Å². The zero-order valence-electron chi connectivity index (χ0n) is 22.5. The minimum Gasteiger partial charge on any atom is -0.494 e. The molecule has 0 aliphatic carbocycles. The van der Waals surface area contributed by atoms with Crippen LogP contribution in [0.4, 0.5) is 15.8 Å². The Morgan fingerprint density at radius 1 is 0.951 bits per heavy atom. The Kier molecular flexibility index (Phi) is 11.9. The molecule has 0 spiro atoms. The molecule has 3 N–H and O–H groups in total. The second-order valence-corrected chi connectivity index (χ2v) is 8.87. The zero-order chi connectivity index (χ0) is 29.6. The predicted octanol–water partition coefficient (Wildman–Crippen LogP) is 5.16. The lowest BCUT2D eigenvalue weighted by Crippen LogP contribution is -2.32. The molecule has 0 aliphatic rings. The summed E-state index contributed by atoms with van der Waals surface area (Å²) in [5.74, 6) is -2.10. The Balaban J connectivity index is 1.56. The third-order valence-corrected chi connectivity index (χ3v) is 5.57. The molecule has 0 bridgehead atoms. The topological polar surface area (TPSA) is 127 Å². The van der Waals surface area contributed by atoms with Crippen LogP contribution in [0.5, 0.6) is 17.2 Å². The number of carbonyl (C=O) groups excluding carboxylic acids is 3. The number of hydrogen-bond donors (Lipinski definition) is 3. The average molecular weight is 585 g/mol. The second kappa shape index (κ2) is 15.8. The molecule has 0 saturated carbocycles. The van der Waals surface area contributed by atoms with E-state index >= 15 is 0 Å². The molecule has 3 aromatic carbocycles. The summed E-state index contributed by atoms with van der Waals surface area (Å²) in [4.78, 5) is 36.6. The van der Waals surface area contributed by atoms with Crippen molar-refractivity contribution in [1.29, 1.82) is 0 Å². The SMILES string of the molecule is CCCCOc1ccc(NC(=O)C(=O)N/N=C\c2cc(Cl)c(OCC(=O)Nc3ccccc3F)c(OCC)c2)cc1. The Morgan fingerprint density at radius 2 is 1.71 bits per heavy atom. The van der Waals surface area contributed by atoms with Crippen molar-refractivity contribution in [2.24, 2.45) is 5.10 Å². The van der Waals surface area contributed by atoms with E-state index < -0.39 is 30.1 Å². The van der Waals surface area contributed by atoms with Gasteiger partial charge in [-0.2, -0.15) is 5.10 Å². The number of benzene rings is 3. The summed E-state index contributed by atoms with van der Waals surface area (Å²) in [5.41, 5.74) is 3.00. The van der Waals surface area contributed by atoms with Gasteiger partial charge in [-0.3, -0.25) is 14.4 Å². The first-order chi connectivity index (χ1) is 19.8. The highest BCUT2D eigenvalue weighted by atomic mass is 35.5. The number of rotatable bonds is 13. The molecule has 10 nitrogen and oxygen atoms in total. The zero-order valence-corrected chi connectivity index (χ0v) is 23.3. The van der Waals surface area contributed by atoms with Gasteiger partial charge in [0.15, 0.2) is 18.1 Å². The Labute approximate surface area is 241 Å². The van der Waals surface area contributed by atoms with E-state index in [1.807, 2.05) is 0 Å². The van der Waals surface area contributed by atoms with E-state index in [2.05, 4.69) is 28.1 Å². The van der Waals surface area contributed by atoms with Crippen LogP contribution in [0.25, 0.3) is 0 Å². The standard InChI is InChI=1S/C29H30ClFN4O6/c1-3-5-14-40-21-12-10-20(11-13-21)33-28(37)29(38)35-32-17-19-15-22(30)27(25(16-19)39-4-2)41-18-26(36)34-24-9-7-6-8-23(24)31/h6-13,15-17H,3-5,14,18H2,1-2H3,(H,33,37)(H,34,36)(H,35,38)/b32-17-. The Hall–Kier alpha value is -4.64. The van der Waals surface area contributed by atoms with Crippen LogP contribution in [0.2, 0.25) is 5.02 Å². The summed E-state index contributed by atoms with van der Waals surface area (Å²) in [5, 5.41) is 8.79. The highest BCUT2D eigenvalue weighted by Crippen LogP contribution is 2.36. The number of nitrogens with zero attached hydrogens (tertiary/aromatic N) is 1. The highest BCUT2D eigenvalue weighted by molar-refractivity contribution is 6.39. The minimum absolute atomic E-state index is 0.0184. The van der Waals surface area contributed by atoms with Gasteiger partial charge < -0.3 is 24.8 Å². The van der Waals surface area contributed by atoms with Crippen molar-refractivity contribution < 1.29 is 33.0 Å². The van der Waals surface area contributed by atoms with Crippen molar-refractivity contribution in [1.82, 2.24) is 5.43 Å². The quantitative estimate of drug-likeness (QED) is 0.110. The number of hydrazone groups is 1. The van der Waals surface area contributed by atoms with Crippen molar-refractivity contribution >= 4 is 46.9 Å². The van der Waals surface area contributed by atoms with Crippen molar-refractivity contribution in [2.45, 2.75) is 26.7 Å². The molecular weight excluding hydrogens is 555 g/mol. The lowest BCUT2D eigenvalue weighted by molar-refractivity contribution is -0.136. The third kappa shape index (κ3) is 9.80. The fraction of sp³-hybridized carbons (Fsp3) is 0.241. The van der Waals surface area contributed by atoms with Gasteiger partial charge in [0.1, 0.15) is 11.6 Å².